The van der Waals surface area contributed by atoms with Crippen molar-refractivity contribution in [1.82, 2.24) is 0 Å². The Morgan fingerprint density at radius 2 is 1.77 bits per heavy atom. The van der Waals surface area contributed by atoms with Crippen LogP contribution in [0.4, 0.5) is 0 Å². The molecule has 1 aromatic carbocycles. The summed E-state index contributed by atoms with van der Waals surface area (Å²) in [5.74, 6) is 0.461. The van der Waals surface area contributed by atoms with Gasteiger partial charge in [0.1, 0.15) is 5.75 Å². The molecule has 0 amide bonds. The Morgan fingerprint density at radius 3 is 2.31 bits per heavy atom. The second-order valence-corrected chi connectivity index (χ2v) is 3.69. The monoisotopic (exact) mass is 178 g/mol. The number of rotatable bonds is 2. The van der Waals surface area contributed by atoms with E-state index in [1.54, 1.807) is 0 Å². The van der Waals surface area contributed by atoms with Crippen LogP contribution in [0.15, 0.2) is 6.07 Å². The Labute approximate surface area is 80.4 Å². The van der Waals surface area contributed by atoms with Gasteiger partial charge in [0.05, 0.1) is 0 Å². The predicted molar refractivity (Wildman–Crippen MR) is 56.3 cm³/mol. The largest absolute Gasteiger partial charge is 0.508 e. The molecule has 0 saturated heterocycles. The molecule has 0 bridgehead atoms. The Hall–Kier alpha value is -0.980. The second-order valence-electron chi connectivity index (χ2n) is 3.69. The fourth-order valence-electron chi connectivity index (χ4n) is 1.68. The van der Waals surface area contributed by atoms with Gasteiger partial charge in [-0.05, 0) is 55.5 Å². The summed E-state index contributed by atoms with van der Waals surface area (Å²) in [7, 11) is 0. The molecule has 0 aromatic heterocycles. The molecule has 1 heteroatoms. The third kappa shape index (κ3) is 1.85. The molecular formula is C12H18O. The van der Waals surface area contributed by atoms with Crippen molar-refractivity contribution < 1.29 is 5.11 Å². The molecule has 1 aromatic rings. The van der Waals surface area contributed by atoms with Gasteiger partial charge < -0.3 is 5.11 Å². The van der Waals surface area contributed by atoms with E-state index in [1.807, 2.05) is 13.0 Å². The highest BCUT2D eigenvalue weighted by Gasteiger charge is 2.08. The van der Waals surface area contributed by atoms with Crippen molar-refractivity contribution in [3.05, 3.63) is 28.3 Å². The van der Waals surface area contributed by atoms with Crippen molar-refractivity contribution in [2.24, 2.45) is 0 Å². The van der Waals surface area contributed by atoms with Crippen LogP contribution in [0.25, 0.3) is 0 Å². The molecule has 1 rings (SSSR count). The van der Waals surface area contributed by atoms with Crippen LogP contribution >= 0.6 is 0 Å². The first-order valence-corrected chi connectivity index (χ1v) is 4.86. The van der Waals surface area contributed by atoms with Crippen molar-refractivity contribution in [3.63, 3.8) is 0 Å². The van der Waals surface area contributed by atoms with E-state index < -0.39 is 0 Å². The molecule has 0 aliphatic rings. The molecule has 1 N–H and O–H groups in total. The molecule has 0 aliphatic carbocycles. The first kappa shape index (κ1) is 10.1. The highest BCUT2D eigenvalue weighted by atomic mass is 16.3. The summed E-state index contributed by atoms with van der Waals surface area (Å²) in [6.07, 6.45) is 2.05. The molecule has 0 atom stereocenters. The summed E-state index contributed by atoms with van der Waals surface area (Å²) in [6, 6.07) is 1.87. The highest BCUT2D eigenvalue weighted by molar-refractivity contribution is 5.47. The molecule has 0 fully saturated rings. The molecule has 0 aliphatic heterocycles. The standard InChI is InChI=1S/C12H18O/c1-5-6-11-10(4)9(3)8(2)7-12(11)13/h7,13H,5-6H2,1-4H3. The normalized spacial score (nSPS) is 10.5. The van der Waals surface area contributed by atoms with E-state index in [-0.39, 0.29) is 0 Å². The molecule has 0 unspecified atom stereocenters. The van der Waals surface area contributed by atoms with Crippen LogP contribution in [0.1, 0.15) is 35.6 Å². The minimum Gasteiger partial charge on any atom is -0.508 e. The number of phenolic OH excluding ortho intramolecular Hbond substituents is 1. The van der Waals surface area contributed by atoms with E-state index in [9.17, 15) is 5.11 Å². The van der Waals surface area contributed by atoms with Gasteiger partial charge in [-0.15, -0.1) is 0 Å². The average molecular weight is 178 g/mol. The van der Waals surface area contributed by atoms with Crippen LogP contribution in [0.2, 0.25) is 0 Å². The zero-order chi connectivity index (χ0) is 10.0. The molecule has 0 radical (unpaired) electrons. The maximum Gasteiger partial charge on any atom is 0.119 e. The topological polar surface area (TPSA) is 20.2 Å². The van der Waals surface area contributed by atoms with Crippen LogP contribution < -0.4 is 0 Å². The Balaban J connectivity index is 3.26. The van der Waals surface area contributed by atoms with Gasteiger partial charge in [0.2, 0.25) is 0 Å². The van der Waals surface area contributed by atoms with Gasteiger partial charge in [0, 0.05) is 0 Å². The minimum atomic E-state index is 0.461. The predicted octanol–water partition coefficient (Wildman–Crippen LogP) is 3.27. The van der Waals surface area contributed by atoms with Gasteiger partial charge >= 0.3 is 0 Å². The number of hydrogen-bond donors (Lipinski definition) is 1. The summed E-state index contributed by atoms with van der Waals surface area (Å²) in [4.78, 5) is 0. The number of benzene rings is 1. The minimum absolute atomic E-state index is 0.461. The van der Waals surface area contributed by atoms with Crippen LogP contribution in [-0.4, -0.2) is 5.11 Å². The van der Waals surface area contributed by atoms with Crippen LogP contribution in [-0.2, 0) is 6.42 Å². The van der Waals surface area contributed by atoms with Gasteiger partial charge in [-0.1, -0.05) is 13.3 Å². The summed E-state index contributed by atoms with van der Waals surface area (Å²) < 4.78 is 0. The maximum atomic E-state index is 9.73. The van der Waals surface area contributed by atoms with Gasteiger partial charge in [-0.2, -0.15) is 0 Å². The zero-order valence-corrected chi connectivity index (χ0v) is 8.94. The summed E-state index contributed by atoms with van der Waals surface area (Å²) in [5.41, 5.74) is 4.85. The highest BCUT2D eigenvalue weighted by Crippen LogP contribution is 2.27. The maximum absolute atomic E-state index is 9.73. The quantitative estimate of drug-likeness (QED) is 0.737. The van der Waals surface area contributed by atoms with Gasteiger partial charge in [0.15, 0.2) is 0 Å². The van der Waals surface area contributed by atoms with Crippen LogP contribution in [0, 0.1) is 20.8 Å². The Bertz CT molecular complexity index is 313. The van der Waals surface area contributed by atoms with Gasteiger partial charge in [0.25, 0.3) is 0 Å². The smallest absolute Gasteiger partial charge is 0.119 e. The number of aromatic hydroxyl groups is 1. The first-order chi connectivity index (χ1) is 6.07. The third-order valence-electron chi connectivity index (χ3n) is 2.77. The van der Waals surface area contributed by atoms with E-state index in [1.165, 1.54) is 16.7 Å². The molecule has 72 valence electrons. The fourth-order valence-corrected chi connectivity index (χ4v) is 1.68. The van der Waals surface area contributed by atoms with Crippen molar-refractivity contribution >= 4 is 0 Å². The number of phenols is 1. The van der Waals surface area contributed by atoms with Gasteiger partial charge in [-0.25, -0.2) is 0 Å². The van der Waals surface area contributed by atoms with Gasteiger partial charge in [-0.3, -0.25) is 0 Å². The van der Waals surface area contributed by atoms with E-state index >= 15 is 0 Å². The lowest BCUT2D eigenvalue weighted by molar-refractivity contribution is 0.466. The molecule has 0 heterocycles. The lowest BCUT2D eigenvalue weighted by Crippen LogP contribution is -1.95. The fraction of sp³-hybridized carbons (Fsp3) is 0.500. The van der Waals surface area contributed by atoms with Crippen LogP contribution in [0.5, 0.6) is 5.75 Å². The average Bonchev–Trinajstić information content (AvgIpc) is 2.09. The van der Waals surface area contributed by atoms with Crippen LogP contribution in [0.3, 0.4) is 0 Å². The molecule has 13 heavy (non-hydrogen) atoms. The van der Waals surface area contributed by atoms with E-state index in [4.69, 9.17) is 0 Å². The summed E-state index contributed by atoms with van der Waals surface area (Å²) in [6.45, 7) is 8.38. The van der Waals surface area contributed by atoms with Crippen molar-refractivity contribution in [2.45, 2.75) is 40.5 Å². The Morgan fingerprint density at radius 1 is 1.15 bits per heavy atom. The second kappa shape index (κ2) is 3.82. The summed E-state index contributed by atoms with van der Waals surface area (Å²) in [5, 5.41) is 9.73. The Kier molecular flexibility index (Phi) is 2.97. The van der Waals surface area contributed by atoms with Crippen molar-refractivity contribution in [2.75, 3.05) is 0 Å². The molecule has 0 saturated carbocycles. The number of hydrogen-bond acceptors (Lipinski definition) is 1. The van der Waals surface area contributed by atoms with Crippen molar-refractivity contribution in [3.8, 4) is 5.75 Å². The lowest BCUT2D eigenvalue weighted by Gasteiger charge is -2.12. The van der Waals surface area contributed by atoms with E-state index in [0.29, 0.717) is 5.75 Å². The lowest BCUT2D eigenvalue weighted by atomic mass is 9.95. The van der Waals surface area contributed by atoms with E-state index in [0.717, 1.165) is 18.4 Å². The van der Waals surface area contributed by atoms with Crippen molar-refractivity contribution in [1.29, 1.82) is 0 Å². The molecule has 0 spiro atoms. The zero-order valence-electron chi connectivity index (χ0n) is 8.94. The number of aryl methyl sites for hydroxylation is 1. The SMILES string of the molecule is CCCc1c(O)cc(C)c(C)c1C. The molecule has 1 nitrogen and oxygen atoms in total. The summed E-state index contributed by atoms with van der Waals surface area (Å²) >= 11 is 0. The first-order valence-electron chi connectivity index (χ1n) is 4.86. The van der Waals surface area contributed by atoms with E-state index in [2.05, 4.69) is 20.8 Å². The molecular weight excluding hydrogens is 160 g/mol. The third-order valence-corrected chi connectivity index (χ3v) is 2.77.